The Labute approximate surface area is 112 Å². The molecule has 0 bridgehead atoms. The molecular formula is C15H20N2O2. The van der Waals surface area contributed by atoms with Crippen molar-refractivity contribution < 1.29 is 9.90 Å². The summed E-state index contributed by atoms with van der Waals surface area (Å²) in [6.45, 7) is 6.65. The van der Waals surface area contributed by atoms with Gasteiger partial charge < -0.3 is 15.8 Å². The van der Waals surface area contributed by atoms with Crippen LogP contribution in [0.2, 0.25) is 0 Å². The fraction of sp³-hybridized carbons (Fsp3) is 0.400. The molecule has 0 aliphatic carbocycles. The molecule has 19 heavy (non-hydrogen) atoms. The van der Waals surface area contributed by atoms with E-state index in [0.29, 0.717) is 23.5 Å². The third kappa shape index (κ3) is 2.36. The Balaban J connectivity index is 2.79. The average Bonchev–Trinajstić information content (AvgIpc) is 2.65. The van der Waals surface area contributed by atoms with Crippen molar-refractivity contribution in [3.8, 4) is 0 Å². The highest BCUT2D eigenvalue weighted by Crippen LogP contribution is 2.29. The van der Waals surface area contributed by atoms with Gasteiger partial charge >= 0.3 is 5.97 Å². The summed E-state index contributed by atoms with van der Waals surface area (Å²) in [6, 6.07) is 3.85. The van der Waals surface area contributed by atoms with Crippen molar-refractivity contribution in [3.63, 3.8) is 0 Å². The highest BCUT2D eigenvalue weighted by atomic mass is 16.4. The minimum atomic E-state index is -0.895. The van der Waals surface area contributed by atoms with Gasteiger partial charge in [0.25, 0.3) is 0 Å². The summed E-state index contributed by atoms with van der Waals surface area (Å²) in [7, 11) is 0. The number of aromatic amines is 1. The highest BCUT2D eigenvalue weighted by Gasteiger charge is 2.17. The second kappa shape index (κ2) is 5.05. The zero-order chi connectivity index (χ0) is 14.2. The van der Waals surface area contributed by atoms with Gasteiger partial charge in [-0.3, -0.25) is 0 Å². The fourth-order valence-corrected chi connectivity index (χ4v) is 2.47. The van der Waals surface area contributed by atoms with E-state index in [-0.39, 0.29) is 0 Å². The van der Waals surface area contributed by atoms with Crippen LogP contribution in [0.4, 0.5) is 0 Å². The maximum absolute atomic E-state index is 11.4. The van der Waals surface area contributed by atoms with Gasteiger partial charge in [0.05, 0.1) is 11.1 Å². The van der Waals surface area contributed by atoms with Crippen LogP contribution in [0.25, 0.3) is 10.9 Å². The van der Waals surface area contributed by atoms with Crippen molar-refractivity contribution in [1.82, 2.24) is 4.98 Å². The van der Waals surface area contributed by atoms with Crippen molar-refractivity contribution in [1.29, 1.82) is 0 Å². The van der Waals surface area contributed by atoms with Gasteiger partial charge in [-0.05, 0) is 49.1 Å². The van der Waals surface area contributed by atoms with Crippen LogP contribution in [0.15, 0.2) is 12.1 Å². The topological polar surface area (TPSA) is 79.1 Å². The fourth-order valence-electron chi connectivity index (χ4n) is 2.47. The SMILES string of the molecule is Cc1[nH]c2c(C(=O)O)cc(C(C)C)cc2c1CCN. The van der Waals surface area contributed by atoms with Crippen LogP contribution in [0, 0.1) is 6.92 Å². The molecule has 0 fully saturated rings. The smallest absolute Gasteiger partial charge is 0.337 e. The first kappa shape index (κ1) is 13.6. The van der Waals surface area contributed by atoms with Gasteiger partial charge in [0.1, 0.15) is 0 Å². The summed E-state index contributed by atoms with van der Waals surface area (Å²) in [4.78, 5) is 14.6. The second-order valence-corrected chi connectivity index (χ2v) is 5.22. The summed E-state index contributed by atoms with van der Waals surface area (Å²) in [5.41, 5.74) is 9.87. The highest BCUT2D eigenvalue weighted by molar-refractivity contribution is 6.04. The predicted octanol–water partition coefficient (Wildman–Crippen LogP) is 2.80. The van der Waals surface area contributed by atoms with Crippen LogP contribution in [0.3, 0.4) is 0 Å². The van der Waals surface area contributed by atoms with Gasteiger partial charge in [-0.1, -0.05) is 13.8 Å². The first-order valence-electron chi connectivity index (χ1n) is 6.54. The minimum Gasteiger partial charge on any atom is -0.478 e. The van der Waals surface area contributed by atoms with Crippen LogP contribution in [-0.2, 0) is 6.42 Å². The number of aromatic nitrogens is 1. The maximum Gasteiger partial charge on any atom is 0.337 e. The number of nitrogens with two attached hydrogens (primary N) is 1. The summed E-state index contributed by atoms with van der Waals surface area (Å²) >= 11 is 0. The molecule has 4 heteroatoms. The molecule has 0 aliphatic heterocycles. The van der Waals surface area contributed by atoms with E-state index in [0.717, 1.165) is 28.6 Å². The van der Waals surface area contributed by atoms with Crippen molar-refractivity contribution in [2.75, 3.05) is 6.54 Å². The van der Waals surface area contributed by atoms with Crippen LogP contribution >= 0.6 is 0 Å². The van der Waals surface area contributed by atoms with E-state index in [4.69, 9.17) is 5.73 Å². The van der Waals surface area contributed by atoms with E-state index in [1.807, 2.05) is 6.92 Å². The van der Waals surface area contributed by atoms with Crippen molar-refractivity contribution in [3.05, 3.63) is 34.5 Å². The molecule has 4 N–H and O–H groups in total. The van der Waals surface area contributed by atoms with Crippen LogP contribution in [-0.4, -0.2) is 22.6 Å². The normalized spacial score (nSPS) is 11.4. The molecule has 0 atom stereocenters. The molecule has 1 heterocycles. The molecule has 1 aromatic carbocycles. The zero-order valence-electron chi connectivity index (χ0n) is 11.6. The predicted molar refractivity (Wildman–Crippen MR) is 76.8 cm³/mol. The molecule has 0 aliphatic rings. The Morgan fingerprint density at radius 2 is 2.11 bits per heavy atom. The monoisotopic (exact) mass is 260 g/mol. The summed E-state index contributed by atoms with van der Waals surface area (Å²) in [5, 5.41) is 10.4. The van der Waals surface area contributed by atoms with Gasteiger partial charge in [0.2, 0.25) is 0 Å². The van der Waals surface area contributed by atoms with E-state index in [2.05, 4.69) is 24.9 Å². The molecule has 0 saturated carbocycles. The zero-order valence-corrected chi connectivity index (χ0v) is 11.6. The number of hydrogen-bond donors (Lipinski definition) is 3. The lowest BCUT2D eigenvalue weighted by molar-refractivity contribution is 0.0698. The standard InChI is InChI=1S/C15H20N2O2/c1-8(2)10-6-12-11(4-5-16)9(3)17-14(12)13(7-10)15(18)19/h6-8,17H,4-5,16H2,1-3H3,(H,18,19). The van der Waals surface area contributed by atoms with E-state index < -0.39 is 5.97 Å². The Morgan fingerprint density at radius 3 is 2.63 bits per heavy atom. The average molecular weight is 260 g/mol. The van der Waals surface area contributed by atoms with Crippen molar-refractivity contribution >= 4 is 16.9 Å². The Morgan fingerprint density at radius 1 is 1.42 bits per heavy atom. The van der Waals surface area contributed by atoms with Gasteiger partial charge in [-0.15, -0.1) is 0 Å². The van der Waals surface area contributed by atoms with Crippen molar-refractivity contribution in [2.24, 2.45) is 5.73 Å². The summed E-state index contributed by atoms with van der Waals surface area (Å²) < 4.78 is 0. The molecule has 0 unspecified atom stereocenters. The third-order valence-corrected chi connectivity index (χ3v) is 3.54. The Hall–Kier alpha value is -1.81. The van der Waals surface area contributed by atoms with E-state index in [9.17, 15) is 9.90 Å². The molecule has 0 radical (unpaired) electrons. The Bertz CT molecular complexity index is 627. The first-order chi connectivity index (χ1) is 8.95. The lowest BCUT2D eigenvalue weighted by atomic mass is 9.96. The number of rotatable bonds is 4. The number of H-pyrrole nitrogens is 1. The van der Waals surface area contributed by atoms with E-state index in [1.54, 1.807) is 6.07 Å². The number of aromatic carboxylic acids is 1. The second-order valence-electron chi connectivity index (χ2n) is 5.22. The van der Waals surface area contributed by atoms with Crippen LogP contribution in [0.5, 0.6) is 0 Å². The molecule has 4 nitrogen and oxygen atoms in total. The molecule has 0 amide bonds. The number of nitrogens with one attached hydrogen (secondary N) is 1. The third-order valence-electron chi connectivity index (χ3n) is 3.54. The number of carbonyl (C=O) groups is 1. The van der Waals surface area contributed by atoms with Gasteiger partial charge in [0.15, 0.2) is 0 Å². The molecule has 1 aromatic heterocycles. The van der Waals surface area contributed by atoms with Crippen LogP contribution < -0.4 is 5.73 Å². The summed E-state index contributed by atoms with van der Waals surface area (Å²) in [6.07, 6.45) is 0.756. The lowest BCUT2D eigenvalue weighted by Gasteiger charge is -2.09. The van der Waals surface area contributed by atoms with Crippen molar-refractivity contribution in [2.45, 2.75) is 33.1 Å². The molecule has 0 saturated heterocycles. The van der Waals surface area contributed by atoms with Gasteiger partial charge in [-0.25, -0.2) is 4.79 Å². The number of aryl methyl sites for hydroxylation is 1. The summed E-state index contributed by atoms with van der Waals surface area (Å²) in [5.74, 6) is -0.600. The molecule has 2 rings (SSSR count). The molecule has 2 aromatic rings. The number of hydrogen-bond acceptors (Lipinski definition) is 2. The first-order valence-corrected chi connectivity index (χ1v) is 6.54. The number of fused-ring (bicyclic) bond motifs is 1. The number of carboxylic acids is 1. The largest absolute Gasteiger partial charge is 0.478 e. The number of carboxylic acid groups (broad SMARTS) is 1. The Kier molecular flexibility index (Phi) is 3.62. The maximum atomic E-state index is 11.4. The minimum absolute atomic E-state index is 0.295. The molecular weight excluding hydrogens is 240 g/mol. The molecule has 0 spiro atoms. The van der Waals surface area contributed by atoms with Gasteiger partial charge in [-0.2, -0.15) is 0 Å². The molecule has 102 valence electrons. The van der Waals surface area contributed by atoms with E-state index >= 15 is 0 Å². The lowest BCUT2D eigenvalue weighted by Crippen LogP contribution is -2.04. The number of benzene rings is 1. The quantitative estimate of drug-likeness (QED) is 0.790. The van der Waals surface area contributed by atoms with Crippen LogP contribution in [0.1, 0.15) is 46.9 Å². The van der Waals surface area contributed by atoms with Gasteiger partial charge in [0, 0.05) is 11.1 Å². The van der Waals surface area contributed by atoms with E-state index in [1.165, 1.54) is 0 Å².